The minimum absolute atomic E-state index is 0.226. The van der Waals surface area contributed by atoms with Crippen LogP contribution in [0.4, 0.5) is 5.69 Å². The predicted molar refractivity (Wildman–Crippen MR) is 163 cm³/mol. The standard InChI is InChI=1S/C35H53NO3/c1-23(9-8-18-34(3,4)39)31-16-17-32-27(11-10-26-20-30(37)21-33(38)24(26)2)19-28(22-35(31,32)5)25-12-14-29(15-13-25)36(6)7/h10-15,23,28,30-33,37-39H,2,8-9,16-22H2,1,3-7H3/b26-10+,27-11+/t23-,28+,30-,31-,32+,33+,35-/m1/s1. The first-order chi connectivity index (χ1) is 18.3. The van der Waals surface area contributed by atoms with Crippen LogP contribution in [0, 0.1) is 23.2 Å². The molecule has 0 aliphatic heterocycles. The van der Waals surface area contributed by atoms with Crippen LogP contribution in [0.25, 0.3) is 0 Å². The maximum atomic E-state index is 10.4. The quantitative estimate of drug-likeness (QED) is 0.330. The van der Waals surface area contributed by atoms with E-state index < -0.39 is 17.8 Å². The molecule has 7 atom stereocenters. The van der Waals surface area contributed by atoms with Gasteiger partial charge in [-0.25, -0.2) is 0 Å². The molecule has 3 fully saturated rings. The molecule has 0 radical (unpaired) electrons. The monoisotopic (exact) mass is 535 g/mol. The topological polar surface area (TPSA) is 63.9 Å². The second-order valence-electron chi connectivity index (χ2n) is 14.1. The zero-order valence-corrected chi connectivity index (χ0v) is 25.3. The Kier molecular flexibility index (Phi) is 9.20. The molecule has 4 heteroatoms. The summed E-state index contributed by atoms with van der Waals surface area (Å²) < 4.78 is 0. The lowest BCUT2D eigenvalue weighted by atomic mass is 9.57. The lowest BCUT2D eigenvalue weighted by molar-refractivity contribution is 0.0578. The van der Waals surface area contributed by atoms with Crippen molar-refractivity contribution in [1.29, 1.82) is 0 Å². The lowest BCUT2D eigenvalue weighted by Crippen LogP contribution is -2.38. The van der Waals surface area contributed by atoms with Crippen molar-refractivity contribution in [3.05, 3.63) is 65.3 Å². The Bertz CT molecular complexity index is 1060. The highest BCUT2D eigenvalue weighted by molar-refractivity contribution is 5.47. The molecule has 0 bridgehead atoms. The highest BCUT2D eigenvalue weighted by Crippen LogP contribution is 2.62. The van der Waals surface area contributed by atoms with Crippen molar-refractivity contribution in [3.8, 4) is 0 Å². The van der Waals surface area contributed by atoms with Gasteiger partial charge in [0.05, 0.1) is 17.8 Å². The van der Waals surface area contributed by atoms with Crippen molar-refractivity contribution in [2.75, 3.05) is 19.0 Å². The third kappa shape index (κ3) is 6.89. The summed E-state index contributed by atoms with van der Waals surface area (Å²) in [6.45, 7) is 13.0. The SMILES string of the molecule is C=C1/C(=C/C=C2\C[C@H](c3ccc(N(C)C)cc3)C[C@]3(C)[C@@H]([C@H](C)CCCC(C)(C)O)CC[C@@H]23)C[C@@H](O)C[C@@H]1O. The van der Waals surface area contributed by atoms with E-state index in [1.165, 1.54) is 36.1 Å². The van der Waals surface area contributed by atoms with Crippen molar-refractivity contribution in [1.82, 2.24) is 0 Å². The molecule has 0 unspecified atom stereocenters. The normalized spacial score (nSPS) is 34.4. The smallest absolute Gasteiger partial charge is 0.0811 e. The Morgan fingerprint density at radius 2 is 1.79 bits per heavy atom. The molecule has 0 amide bonds. The fourth-order valence-corrected chi connectivity index (χ4v) is 8.12. The largest absolute Gasteiger partial charge is 0.393 e. The van der Waals surface area contributed by atoms with Gasteiger partial charge in [0.1, 0.15) is 0 Å². The lowest BCUT2D eigenvalue weighted by Gasteiger charge is -2.47. The Morgan fingerprint density at radius 1 is 1.10 bits per heavy atom. The number of fused-ring (bicyclic) bond motifs is 1. The Labute approximate surface area is 237 Å². The summed E-state index contributed by atoms with van der Waals surface area (Å²) in [5.41, 5.74) is 5.55. The number of aliphatic hydroxyl groups excluding tert-OH is 2. The van der Waals surface area contributed by atoms with Crippen LogP contribution in [0.5, 0.6) is 0 Å². The molecule has 3 saturated carbocycles. The molecule has 0 heterocycles. The van der Waals surface area contributed by atoms with Crippen LogP contribution < -0.4 is 4.90 Å². The molecule has 4 nitrogen and oxygen atoms in total. The minimum Gasteiger partial charge on any atom is -0.393 e. The van der Waals surface area contributed by atoms with E-state index in [9.17, 15) is 15.3 Å². The molecule has 0 spiro atoms. The molecule has 216 valence electrons. The first-order valence-corrected chi connectivity index (χ1v) is 15.2. The van der Waals surface area contributed by atoms with Gasteiger partial charge in [0.15, 0.2) is 0 Å². The summed E-state index contributed by atoms with van der Waals surface area (Å²) in [5, 5.41) is 30.9. The Hall–Kier alpha value is -1.88. The first-order valence-electron chi connectivity index (χ1n) is 15.2. The van der Waals surface area contributed by atoms with Crippen LogP contribution in [0.15, 0.2) is 59.7 Å². The third-order valence-corrected chi connectivity index (χ3v) is 10.3. The number of allylic oxidation sites excluding steroid dienone is 3. The average Bonchev–Trinajstić information content (AvgIpc) is 3.21. The third-order valence-electron chi connectivity index (χ3n) is 10.3. The van der Waals surface area contributed by atoms with Gasteiger partial charge in [0.25, 0.3) is 0 Å². The highest BCUT2D eigenvalue weighted by atomic mass is 16.3. The summed E-state index contributed by atoms with van der Waals surface area (Å²) in [5.74, 6) is 2.32. The summed E-state index contributed by atoms with van der Waals surface area (Å²) in [6.07, 6.45) is 12.1. The van der Waals surface area contributed by atoms with Crippen molar-refractivity contribution in [2.24, 2.45) is 23.2 Å². The van der Waals surface area contributed by atoms with Gasteiger partial charge in [-0.3, -0.25) is 0 Å². The number of aliphatic hydroxyl groups is 3. The summed E-state index contributed by atoms with van der Waals surface area (Å²) >= 11 is 0. The van der Waals surface area contributed by atoms with E-state index in [2.05, 4.69) is 75.8 Å². The molecule has 0 saturated heterocycles. The van der Waals surface area contributed by atoms with E-state index in [4.69, 9.17) is 0 Å². The number of hydrogen-bond donors (Lipinski definition) is 3. The fourth-order valence-electron chi connectivity index (χ4n) is 8.12. The molecule has 39 heavy (non-hydrogen) atoms. The van der Waals surface area contributed by atoms with Crippen LogP contribution in [-0.2, 0) is 0 Å². The Morgan fingerprint density at radius 3 is 2.44 bits per heavy atom. The molecule has 4 rings (SSSR count). The first kappa shape index (κ1) is 30.1. The van der Waals surface area contributed by atoms with Crippen LogP contribution >= 0.6 is 0 Å². The van der Waals surface area contributed by atoms with E-state index in [1.807, 2.05) is 13.8 Å². The van der Waals surface area contributed by atoms with Gasteiger partial charge >= 0.3 is 0 Å². The van der Waals surface area contributed by atoms with Gasteiger partial charge in [-0.15, -0.1) is 0 Å². The van der Waals surface area contributed by atoms with Gasteiger partial charge in [0, 0.05) is 26.2 Å². The minimum atomic E-state index is -0.654. The maximum absolute atomic E-state index is 10.4. The van der Waals surface area contributed by atoms with Gasteiger partial charge in [-0.2, -0.15) is 0 Å². The van der Waals surface area contributed by atoms with Crippen molar-refractivity contribution in [2.45, 2.75) is 109 Å². The van der Waals surface area contributed by atoms with E-state index in [0.717, 1.165) is 36.8 Å². The fraction of sp³-hybridized carbons (Fsp3) is 0.657. The second-order valence-corrected chi connectivity index (χ2v) is 14.1. The van der Waals surface area contributed by atoms with E-state index in [1.54, 1.807) is 0 Å². The summed E-state index contributed by atoms with van der Waals surface area (Å²) in [4.78, 5) is 2.15. The molecule has 3 N–H and O–H groups in total. The van der Waals surface area contributed by atoms with Gasteiger partial charge in [-0.1, -0.05) is 63.1 Å². The van der Waals surface area contributed by atoms with Crippen molar-refractivity contribution >= 4 is 5.69 Å². The van der Waals surface area contributed by atoms with E-state index in [0.29, 0.717) is 36.5 Å². The number of anilines is 1. The summed E-state index contributed by atoms with van der Waals surface area (Å²) in [7, 11) is 4.18. The maximum Gasteiger partial charge on any atom is 0.0811 e. The van der Waals surface area contributed by atoms with Gasteiger partial charge < -0.3 is 20.2 Å². The molecule has 3 aliphatic carbocycles. The van der Waals surface area contributed by atoms with E-state index in [-0.39, 0.29) is 5.41 Å². The van der Waals surface area contributed by atoms with Crippen LogP contribution in [0.3, 0.4) is 0 Å². The van der Waals surface area contributed by atoms with Crippen molar-refractivity contribution < 1.29 is 15.3 Å². The molecule has 1 aromatic carbocycles. The average molecular weight is 536 g/mol. The second kappa shape index (κ2) is 11.9. The van der Waals surface area contributed by atoms with Crippen LogP contribution in [-0.4, -0.2) is 47.2 Å². The molecule has 0 aromatic heterocycles. The zero-order valence-electron chi connectivity index (χ0n) is 25.3. The van der Waals surface area contributed by atoms with Crippen LogP contribution in [0.1, 0.15) is 97.0 Å². The number of benzene rings is 1. The highest BCUT2D eigenvalue weighted by Gasteiger charge is 2.52. The predicted octanol–water partition coefficient (Wildman–Crippen LogP) is 7.16. The molecule has 3 aliphatic rings. The van der Waals surface area contributed by atoms with Gasteiger partial charge in [0.2, 0.25) is 0 Å². The molecular formula is C35H53NO3. The number of hydrogen-bond acceptors (Lipinski definition) is 4. The van der Waals surface area contributed by atoms with Crippen LogP contribution in [0.2, 0.25) is 0 Å². The number of nitrogens with zero attached hydrogens (tertiary/aromatic N) is 1. The zero-order chi connectivity index (χ0) is 28.5. The van der Waals surface area contributed by atoms with Crippen molar-refractivity contribution in [3.63, 3.8) is 0 Å². The van der Waals surface area contributed by atoms with Gasteiger partial charge in [-0.05, 0) is 110 Å². The number of rotatable bonds is 8. The Balaban J connectivity index is 1.64. The molecular weight excluding hydrogens is 482 g/mol. The van der Waals surface area contributed by atoms with E-state index >= 15 is 0 Å². The summed E-state index contributed by atoms with van der Waals surface area (Å²) in [6, 6.07) is 9.14. The molecule has 1 aromatic rings.